The van der Waals surface area contributed by atoms with E-state index >= 15 is 0 Å². The number of fused-ring (bicyclic) bond motifs is 1. The van der Waals surface area contributed by atoms with Crippen LogP contribution in [-0.2, 0) is 0 Å². The molecule has 3 nitrogen and oxygen atoms in total. The molecule has 1 aliphatic carbocycles. The Bertz CT molecular complexity index is 599. The zero-order valence-corrected chi connectivity index (χ0v) is 11.0. The first-order valence-corrected chi connectivity index (χ1v) is 6.60. The average Bonchev–Trinajstić information content (AvgIpc) is 2.87. The fourth-order valence-corrected chi connectivity index (χ4v) is 2.43. The molecule has 0 aromatic heterocycles. The molecule has 1 N–H and O–H groups in total. The third kappa shape index (κ3) is 2.61. The Morgan fingerprint density at radius 3 is 2.89 bits per heavy atom. The Hall–Kier alpha value is -1.87. The Morgan fingerprint density at radius 1 is 1.32 bits per heavy atom. The van der Waals surface area contributed by atoms with Crippen LogP contribution < -0.4 is 5.32 Å². The van der Waals surface area contributed by atoms with Gasteiger partial charge in [0.1, 0.15) is 0 Å². The standard InChI is InChI=1S/C15H13ClN2O/c16-12-4-1-11(2-5-12)15(19)18-13-6-3-10-7-8-17-14(10)9-13/h1-5,7-8,13H,6,9H2,(H,18,19). The van der Waals surface area contributed by atoms with Crippen LogP contribution in [0.15, 0.2) is 53.2 Å². The van der Waals surface area contributed by atoms with Crippen molar-refractivity contribution < 1.29 is 4.79 Å². The van der Waals surface area contributed by atoms with Crippen LogP contribution >= 0.6 is 11.6 Å². The molecule has 1 amide bonds. The average molecular weight is 273 g/mol. The summed E-state index contributed by atoms with van der Waals surface area (Å²) < 4.78 is 0. The quantitative estimate of drug-likeness (QED) is 0.883. The number of halogens is 1. The van der Waals surface area contributed by atoms with Crippen molar-refractivity contribution >= 4 is 23.2 Å². The number of hydrogen-bond donors (Lipinski definition) is 1. The lowest BCUT2D eigenvalue weighted by atomic mass is 9.94. The summed E-state index contributed by atoms with van der Waals surface area (Å²) in [5.41, 5.74) is 2.88. The molecule has 0 radical (unpaired) electrons. The highest BCUT2D eigenvalue weighted by molar-refractivity contribution is 6.30. The Labute approximate surface area is 116 Å². The molecule has 1 unspecified atom stereocenters. The predicted octanol–water partition coefficient (Wildman–Crippen LogP) is 3.13. The van der Waals surface area contributed by atoms with Crippen molar-refractivity contribution in [3.63, 3.8) is 0 Å². The molecule has 3 rings (SSSR count). The van der Waals surface area contributed by atoms with E-state index in [0.717, 1.165) is 18.6 Å². The smallest absolute Gasteiger partial charge is 0.251 e. The molecular formula is C15H13ClN2O. The van der Waals surface area contributed by atoms with Gasteiger partial charge in [-0.15, -0.1) is 0 Å². The van der Waals surface area contributed by atoms with Crippen molar-refractivity contribution in [2.45, 2.75) is 18.9 Å². The van der Waals surface area contributed by atoms with Crippen LogP contribution in [0.3, 0.4) is 0 Å². The second-order valence-electron chi connectivity index (χ2n) is 4.67. The van der Waals surface area contributed by atoms with Gasteiger partial charge in [-0.05, 0) is 42.3 Å². The van der Waals surface area contributed by atoms with Gasteiger partial charge in [-0.1, -0.05) is 17.7 Å². The van der Waals surface area contributed by atoms with Crippen LogP contribution in [0, 0.1) is 0 Å². The molecule has 4 heteroatoms. The van der Waals surface area contributed by atoms with E-state index in [1.54, 1.807) is 24.3 Å². The van der Waals surface area contributed by atoms with E-state index in [1.165, 1.54) is 5.57 Å². The number of carbonyl (C=O) groups excluding carboxylic acids is 1. The molecule has 1 aromatic rings. The van der Waals surface area contributed by atoms with Gasteiger partial charge in [0.25, 0.3) is 5.91 Å². The first-order chi connectivity index (χ1) is 9.22. The minimum atomic E-state index is -0.0647. The zero-order chi connectivity index (χ0) is 13.2. The van der Waals surface area contributed by atoms with Crippen LogP contribution in [0.5, 0.6) is 0 Å². The molecule has 0 saturated carbocycles. The topological polar surface area (TPSA) is 41.5 Å². The fourth-order valence-electron chi connectivity index (χ4n) is 2.30. The van der Waals surface area contributed by atoms with Gasteiger partial charge < -0.3 is 5.32 Å². The second kappa shape index (κ2) is 5.02. The minimum absolute atomic E-state index is 0.0647. The van der Waals surface area contributed by atoms with E-state index < -0.39 is 0 Å². The number of hydrogen-bond acceptors (Lipinski definition) is 2. The lowest BCUT2D eigenvalue weighted by molar-refractivity contribution is 0.0938. The van der Waals surface area contributed by atoms with Crippen molar-refractivity contribution in [2.75, 3.05) is 0 Å². The van der Waals surface area contributed by atoms with Crippen molar-refractivity contribution in [1.82, 2.24) is 5.32 Å². The SMILES string of the molecule is O=C(NC1CC=C2C=CN=C2C1)c1ccc(Cl)cc1. The van der Waals surface area contributed by atoms with E-state index in [4.69, 9.17) is 11.6 Å². The summed E-state index contributed by atoms with van der Waals surface area (Å²) >= 11 is 5.81. The number of amides is 1. The van der Waals surface area contributed by atoms with E-state index in [1.807, 2.05) is 12.3 Å². The summed E-state index contributed by atoms with van der Waals surface area (Å²) in [7, 11) is 0. The highest BCUT2D eigenvalue weighted by atomic mass is 35.5. The molecule has 96 valence electrons. The molecule has 0 saturated heterocycles. The molecule has 1 aliphatic heterocycles. The molecule has 19 heavy (non-hydrogen) atoms. The van der Waals surface area contributed by atoms with Gasteiger partial charge in [-0.25, -0.2) is 0 Å². The summed E-state index contributed by atoms with van der Waals surface area (Å²) in [4.78, 5) is 16.4. The maximum Gasteiger partial charge on any atom is 0.251 e. The number of rotatable bonds is 2. The molecule has 1 aromatic carbocycles. The van der Waals surface area contributed by atoms with Gasteiger partial charge in [0.15, 0.2) is 0 Å². The van der Waals surface area contributed by atoms with Crippen molar-refractivity contribution in [3.8, 4) is 0 Å². The molecular weight excluding hydrogens is 260 g/mol. The zero-order valence-electron chi connectivity index (χ0n) is 10.3. The predicted molar refractivity (Wildman–Crippen MR) is 76.6 cm³/mol. The van der Waals surface area contributed by atoms with Crippen molar-refractivity contribution in [2.24, 2.45) is 4.99 Å². The number of aliphatic imine (C=N–C) groups is 1. The van der Waals surface area contributed by atoms with Gasteiger partial charge >= 0.3 is 0 Å². The van der Waals surface area contributed by atoms with Crippen LogP contribution in [0.25, 0.3) is 0 Å². The number of nitrogens with one attached hydrogen (secondary N) is 1. The van der Waals surface area contributed by atoms with E-state index in [2.05, 4.69) is 16.4 Å². The second-order valence-corrected chi connectivity index (χ2v) is 5.10. The lowest BCUT2D eigenvalue weighted by Crippen LogP contribution is -2.37. The molecule has 0 bridgehead atoms. The summed E-state index contributed by atoms with van der Waals surface area (Å²) in [6.45, 7) is 0. The van der Waals surface area contributed by atoms with Gasteiger partial charge in [0, 0.05) is 35.0 Å². The summed E-state index contributed by atoms with van der Waals surface area (Å²) in [5, 5.41) is 3.66. The largest absolute Gasteiger partial charge is 0.349 e. The third-order valence-corrected chi connectivity index (χ3v) is 3.57. The number of allylic oxidation sites excluding steroid dienone is 2. The molecule has 0 spiro atoms. The van der Waals surface area contributed by atoms with Crippen LogP contribution in [0.2, 0.25) is 5.02 Å². The third-order valence-electron chi connectivity index (χ3n) is 3.32. The monoisotopic (exact) mass is 272 g/mol. The molecule has 1 heterocycles. The number of nitrogens with zero attached hydrogens (tertiary/aromatic N) is 1. The Balaban J connectivity index is 1.66. The van der Waals surface area contributed by atoms with E-state index in [9.17, 15) is 4.79 Å². The van der Waals surface area contributed by atoms with Gasteiger partial charge in [-0.2, -0.15) is 0 Å². The maximum absolute atomic E-state index is 12.1. The molecule has 2 aliphatic rings. The van der Waals surface area contributed by atoms with Crippen LogP contribution in [-0.4, -0.2) is 17.7 Å². The Morgan fingerprint density at radius 2 is 2.11 bits per heavy atom. The van der Waals surface area contributed by atoms with Crippen LogP contribution in [0.1, 0.15) is 23.2 Å². The van der Waals surface area contributed by atoms with Gasteiger partial charge in [0.2, 0.25) is 0 Å². The normalized spacial score (nSPS) is 20.6. The highest BCUT2D eigenvalue weighted by Crippen LogP contribution is 2.21. The van der Waals surface area contributed by atoms with Gasteiger partial charge in [-0.3, -0.25) is 9.79 Å². The summed E-state index contributed by atoms with van der Waals surface area (Å²) in [5.74, 6) is -0.0647. The van der Waals surface area contributed by atoms with E-state index in [-0.39, 0.29) is 11.9 Å². The lowest BCUT2D eigenvalue weighted by Gasteiger charge is -2.22. The van der Waals surface area contributed by atoms with Crippen molar-refractivity contribution in [1.29, 1.82) is 0 Å². The fraction of sp³-hybridized carbons (Fsp3) is 0.200. The highest BCUT2D eigenvalue weighted by Gasteiger charge is 2.22. The number of carbonyl (C=O) groups is 1. The summed E-state index contributed by atoms with van der Waals surface area (Å²) in [6, 6.07) is 7.03. The molecule has 0 fully saturated rings. The maximum atomic E-state index is 12.1. The van der Waals surface area contributed by atoms with Crippen LogP contribution in [0.4, 0.5) is 0 Å². The Kier molecular flexibility index (Phi) is 3.22. The van der Waals surface area contributed by atoms with Gasteiger partial charge in [0.05, 0.1) is 0 Å². The minimum Gasteiger partial charge on any atom is -0.349 e. The first-order valence-electron chi connectivity index (χ1n) is 6.22. The number of benzene rings is 1. The van der Waals surface area contributed by atoms with E-state index in [0.29, 0.717) is 10.6 Å². The summed E-state index contributed by atoms with van der Waals surface area (Å²) in [6.07, 6.45) is 7.58. The first kappa shape index (κ1) is 12.2. The van der Waals surface area contributed by atoms with Crippen molar-refractivity contribution in [3.05, 3.63) is 58.8 Å². The molecule has 1 atom stereocenters.